The fourth-order valence-electron chi connectivity index (χ4n) is 3.54. The SMILES string of the molecule is Cl.NCCNC(=O)c1ccccc1NC(=O)CN1C(=O)NC2(CCCC2)C1=O. The molecule has 0 radical (unpaired) electrons. The standard InChI is InChI=1S/C18H23N5O4.ClH/c19-9-10-20-15(25)12-5-1-2-6-13(12)21-14(24)11-23-16(26)18(22-17(23)27)7-3-4-8-18;/h1-2,5-6H,3-4,7-11,19H2,(H,20,25)(H,21,24)(H,22,27);1H. The van der Waals surface area contributed by atoms with E-state index in [0.29, 0.717) is 31.6 Å². The number of carbonyl (C=O) groups is 4. The molecule has 1 aromatic carbocycles. The number of nitrogens with zero attached hydrogens (tertiary/aromatic N) is 1. The van der Waals surface area contributed by atoms with E-state index in [1.54, 1.807) is 24.3 Å². The third kappa shape index (κ3) is 4.26. The van der Waals surface area contributed by atoms with Crippen LogP contribution in [0.1, 0.15) is 36.0 Å². The lowest BCUT2D eigenvalue weighted by Gasteiger charge is -2.20. The number of nitrogens with two attached hydrogens (primary N) is 1. The quantitative estimate of drug-likeness (QED) is 0.510. The van der Waals surface area contributed by atoms with Crippen molar-refractivity contribution in [2.75, 3.05) is 25.0 Å². The number of amides is 5. The first kappa shape index (κ1) is 21.6. The predicted octanol–water partition coefficient (Wildman–Crippen LogP) is 0.600. The number of nitrogens with one attached hydrogen (secondary N) is 3. The average Bonchev–Trinajstić information content (AvgIpc) is 3.21. The van der Waals surface area contributed by atoms with Gasteiger partial charge in [0.1, 0.15) is 12.1 Å². The Balaban J connectivity index is 0.00000280. The van der Waals surface area contributed by atoms with E-state index in [4.69, 9.17) is 5.73 Å². The van der Waals surface area contributed by atoms with Crippen molar-refractivity contribution in [2.45, 2.75) is 31.2 Å². The number of anilines is 1. The van der Waals surface area contributed by atoms with Gasteiger partial charge in [0.25, 0.3) is 11.8 Å². The number of rotatable bonds is 6. The van der Waals surface area contributed by atoms with Crippen molar-refractivity contribution in [1.82, 2.24) is 15.5 Å². The van der Waals surface area contributed by atoms with Crippen LogP contribution >= 0.6 is 12.4 Å². The molecule has 1 saturated carbocycles. The Morgan fingerprint density at radius 2 is 1.86 bits per heavy atom. The van der Waals surface area contributed by atoms with E-state index in [9.17, 15) is 19.2 Å². The molecule has 152 valence electrons. The molecule has 1 aliphatic carbocycles. The second-order valence-electron chi connectivity index (χ2n) is 6.75. The highest BCUT2D eigenvalue weighted by Gasteiger charge is 2.52. The maximum absolute atomic E-state index is 12.6. The van der Waals surface area contributed by atoms with Gasteiger partial charge in [0.05, 0.1) is 11.3 Å². The molecule has 5 N–H and O–H groups in total. The molecule has 5 amide bonds. The van der Waals surface area contributed by atoms with Crippen LogP contribution in [-0.4, -0.2) is 53.8 Å². The van der Waals surface area contributed by atoms with E-state index in [0.717, 1.165) is 17.7 Å². The molecule has 1 aliphatic heterocycles. The number of urea groups is 1. The van der Waals surface area contributed by atoms with Gasteiger partial charge in [-0.25, -0.2) is 4.79 Å². The molecular weight excluding hydrogens is 386 g/mol. The molecule has 3 rings (SSSR count). The molecule has 10 heteroatoms. The van der Waals surface area contributed by atoms with Crippen molar-refractivity contribution < 1.29 is 19.2 Å². The fraction of sp³-hybridized carbons (Fsp3) is 0.444. The lowest BCUT2D eigenvalue weighted by atomic mass is 9.98. The van der Waals surface area contributed by atoms with E-state index < -0.39 is 24.0 Å². The Labute approximate surface area is 168 Å². The molecule has 9 nitrogen and oxygen atoms in total. The van der Waals surface area contributed by atoms with E-state index in [2.05, 4.69) is 16.0 Å². The lowest BCUT2D eigenvalue weighted by Crippen LogP contribution is -2.44. The van der Waals surface area contributed by atoms with Crippen LogP contribution in [0.4, 0.5) is 10.5 Å². The summed E-state index contributed by atoms with van der Waals surface area (Å²) in [6, 6.07) is 5.96. The second kappa shape index (κ2) is 9.03. The van der Waals surface area contributed by atoms with Crippen LogP contribution in [-0.2, 0) is 9.59 Å². The Bertz CT molecular complexity index is 779. The summed E-state index contributed by atoms with van der Waals surface area (Å²) in [7, 11) is 0. The van der Waals surface area contributed by atoms with Crippen molar-refractivity contribution in [3.8, 4) is 0 Å². The Hall–Kier alpha value is -2.65. The number of carbonyl (C=O) groups excluding carboxylic acids is 4. The minimum atomic E-state index is -0.850. The van der Waals surface area contributed by atoms with Gasteiger partial charge >= 0.3 is 6.03 Å². The van der Waals surface area contributed by atoms with Gasteiger partial charge in [-0.2, -0.15) is 0 Å². The third-order valence-corrected chi connectivity index (χ3v) is 4.88. The zero-order valence-electron chi connectivity index (χ0n) is 15.3. The first-order valence-electron chi connectivity index (χ1n) is 8.98. The van der Waals surface area contributed by atoms with Crippen LogP contribution in [0.5, 0.6) is 0 Å². The van der Waals surface area contributed by atoms with Crippen LogP contribution in [0.25, 0.3) is 0 Å². The highest BCUT2D eigenvalue weighted by molar-refractivity contribution is 6.11. The zero-order chi connectivity index (χ0) is 19.4. The first-order valence-corrected chi connectivity index (χ1v) is 8.98. The number of para-hydroxylation sites is 1. The molecular formula is C18H24ClN5O4. The van der Waals surface area contributed by atoms with Gasteiger partial charge in [-0.05, 0) is 25.0 Å². The van der Waals surface area contributed by atoms with Crippen LogP contribution in [0.2, 0.25) is 0 Å². The average molecular weight is 410 g/mol. The normalized spacial score (nSPS) is 17.2. The van der Waals surface area contributed by atoms with Crippen molar-refractivity contribution in [1.29, 1.82) is 0 Å². The summed E-state index contributed by atoms with van der Waals surface area (Å²) in [5, 5.41) is 7.98. The topological polar surface area (TPSA) is 134 Å². The lowest BCUT2D eigenvalue weighted by molar-refractivity contribution is -0.133. The van der Waals surface area contributed by atoms with Crippen molar-refractivity contribution in [2.24, 2.45) is 5.73 Å². The molecule has 0 atom stereocenters. The molecule has 2 aliphatic rings. The van der Waals surface area contributed by atoms with Gasteiger partial charge in [-0.15, -0.1) is 12.4 Å². The van der Waals surface area contributed by atoms with Crippen LogP contribution in [0, 0.1) is 0 Å². The number of benzene rings is 1. The van der Waals surface area contributed by atoms with Crippen molar-refractivity contribution in [3.63, 3.8) is 0 Å². The second-order valence-corrected chi connectivity index (χ2v) is 6.75. The maximum atomic E-state index is 12.6. The monoisotopic (exact) mass is 409 g/mol. The van der Waals surface area contributed by atoms with Crippen molar-refractivity contribution >= 4 is 41.8 Å². The minimum absolute atomic E-state index is 0. The summed E-state index contributed by atoms with van der Waals surface area (Å²) in [5.74, 6) is -1.27. The highest BCUT2D eigenvalue weighted by Crippen LogP contribution is 2.34. The molecule has 1 heterocycles. The van der Waals surface area contributed by atoms with Gasteiger partial charge in [0, 0.05) is 13.1 Å². The Kier molecular flexibility index (Phi) is 6.98. The summed E-state index contributed by atoms with van der Waals surface area (Å²) in [4.78, 5) is 50.3. The van der Waals surface area contributed by atoms with Gasteiger partial charge in [-0.1, -0.05) is 25.0 Å². The number of hydrogen-bond donors (Lipinski definition) is 4. The zero-order valence-corrected chi connectivity index (χ0v) is 16.1. The van der Waals surface area contributed by atoms with Crippen LogP contribution in [0.15, 0.2) is 24.3 Å². The summed E-state index contributed by atoms with van der Waals surface area (Å²) in [6.07, 6.45) is 2.94. The van der Waals surface area contributed by atoms with E-state index in [1.165, 1.54) is 0 Å². The van der Waals surface area contributed by atoms with Crippen LogP contribution in [0.3, 0.4) is 0 Å². The smallest absolute Gasteiger partial charge is 0.325 e. The summed E-state index contributed by atoms with van der Waals surface area (Å²) in [5.41, 5.74) is 5.12. The molecule has 1 spiro atoms. The number of imide groups is 1. The molecule has 0 unspecified atom stereocenters. The summed E-state index contributed by atoms with van der Waals surface area (Å²) >= 11 is 0. The molecule has 0 bridgehead atoms. The predicted molar refractivity (Wildman–Crippen MR) is 105 cm³/mol. The van der Waals surface area contributed by atoms with E-state index >= 15 is 0 Å². The summed E-state index contributed by atoms with van der Waals surface area (Å²) < 4.78 is 0. The van der Waals surface area contributed by atoms with E-state index in [-0.39, 0.29) is 29.8 Å². The molecule has 1 saturated heterocycles. The molecule has 0 aromatic heterocycles. The first-order chi connectivity index (χ1) is 13.0. The fourth-order valence-corrected chi connectivity index (χ4v) is 3.54. The van der Waals surface area contributed by atoms with Crippen LogP contribution < -0.4 is 21.7 Å². The summed E-state index contributed by atoms with van der Waals surface area (Å²) in [6.45, 7) is 0.213. The number of halogens is 1. The molecule has 28 heavy (non-hydrogen) atoms. The van der Waals surface area contributed by atoms with Gasteiger partial charge in [0.2, 0.25) is 5.91 Å². The van der Waals surface area contributed by atoms with Gasteiger partial charge in [0.15, 0.2) is 0 Å². The van der Waals surface area contributed by atoms with Crippen molar-refractivity contribution in [3.05, 3.63) is 29.8 Å². The van der Waals surface area contributed by atoms with Gasteiger partial charge < -0.3 is 21.7 Å². The number of hydrogen-bond acceptors (Lipinski definition) is 5. The maximum Gasteiger partial charge on any atom is 0.325 e. The minimum Gasteiger partial charge on any atom is -0.351 e. The third-order valence-electron chi connectivity index (χ3n) is 4.88. The Morgan fingerprint density at radius 1 is 1.18 bits per heavy atom. The largest absolute Gasteiger partial charge is 0.351 e. The van der Waals surface area contributed by atoms with E-state index in [1.807, 2.05) is 0 Å². The molecule has 1 aromatic rings. The highest BCUT2D eigenvalue weighted by atomic mass is 35.5. The van der Waals surface area contributed by atoms with Gasteiger partial charge in [-0.3, -0.25) is 19.3 Å². The molecule has 2 fully saturated rings. The Morgan fingerprint density at radius 3 is 2.54 bits per heavy atom.